The third-order valence-electron chi connectivity index (χ3n) is 2.62. The van der Waals surface area contributed by atoms with Crippen molar-refractivity contribution in [3.05, 3.63) is 52.3 Å². The van der Waals surface area contributed by atoms with E-state index in [2.05, 4.69) is 15.3 Å². The molecular weight excluding hydrogens is 251 g/mol. The van der Waals surface area contributed by atoms with Crippen molar-refractivity contribution in [1.82, 2.24) is 9.97 Å². The number of nitro groups is 1. The minimum absolute atomic E-state index is 0.252. The zero-order valence-corrected chi connectivity index (χ0v) is 10.1. The zero-order valence-electron chi connectivity index (χ0n) is 10.1. The quantitative estimate of drug-likeness (QED) is 0.477. The number of nitrogens with zero attached hydrogens (tertiary/aromatic N) is 2. The second-order valence-corrected chi connectivity index (χ2v) is 3.98. The van der Waals surface area contributed by atoms with E-state index in [1.807, 2.05) is 0 Å². The predicted octanol–water partition coefficient (Wildman–Crippen LogP) is 2.50. The van der Waals surface area contributed by atoms with Crippen LogP contribution in [-0.2, 0) is 6.42 Å². The first-order chi connectivity index (χ1) is 9.16. The van der Waals surface area contributed by atoms with Crippen LogP contribution in [0.4, 0.5) is 15.8 Å². The topological polar surface area (TPSA) is 83.8 Å². The number of hydrogen-bond acceptors (Lipinski definition) is 4. The summed E-state index contributed by atoms with van der Waals surface area (Å²) >= 11 is 0. The Labute approximate surface area is 108 Å². The molecule has 0 bridgehead atoms. The van der Waals surface area contributed by atoms with Crippen molar-refractivity contribution in [2.45, 2.75) is 12.8 Å². The van der Waals surface area contributed by atoms with Crippen LogP contribution < -0.4 is 5.32 Å². The van der Waals surface area contributed by atoms with Crippen molar-refractivity contribution < 1.29 is 9.31 Å². The van der Waals surface area contributed by atoms with E-state index in [9.17, 15) is 14.5 Å². The maximum Gasteiger partial charge on any atom is 0.295 e. The molecule has 1 heterocycles. The molecule has 0 radical (unpaired) electrons. The summed E-state index contributed by atoms with van der Waals surface area (Å²) in [5, 5.41) is 13.7. The first kappa shape index (κ1) is 13.0. The highest BCUT2D eigenvalue weighted by Gasteiger charge is 2.14. The molecule has 0 amide bonds. The van der Waals surface area contributed by atoms with Crippen LogP contribution in [0.2, 0.25) is 0 Å². The molecule has 2 N–H and O–H groups in total. The van der Waals surface area contributed by atoms with E-state index in [4.69, 9.17) is 0 Å². The van der Waals surface area contributed by atoms with E-state index in [-0.39, 0.29) is 5.69 Å². The Morgan fingerprint density at radius 2 is 2.32 bits per heavy atom. The lowest BCUT2D eigenvalue weighted by molar-refractivity contribution is -0.384. The molecule has 0 fully saturated rings. The van der Waals surface area contributed by atoms with E-state index in [1.165, 1.54) is 12.1 Å². The fourth-order valence-corrected chi connectivity index (χ4v) is 1.72. The van der Waals surface area contributed by atoms with Crippen LogP contribution in [-0.4, -0.2) is 21.4 Å². The molecular formula is C12H13FN4O2. The number of hydrogen-bond donors (Lipinski definition) is 2. The van der Waals surface area contributed by atoms with Crippen molar-refractivity contribution in [3.8, 4) is 0 Å². The van der Waals surface area contributed by atoms with E-state index >= 15 is 0 Å². The number of imidazole rings is 1. The summed E-state index contributed by atoms with van der Waals surface area (Å²) < 4.78 is 12.9. The fraction of sp³-hybridized carbons (Fsp3) is 0.250. The van der Waals surface area contributed by atoms with Crippen LogP contribution >= 0.6 is 0 Å². The van der Waals surface area contributed by atoms with Gasteiger partial charge in [-0.3, -0.25) is 10.1 Å². The van der Waals surface area contributed by atoms with Crippen molar-refractivity contribution in [2.75, 3.05) is 11.9 Å². The standard InChI is InChI=1S/C12H13FN4O2/c13-9-3-4-10(11(8-9)17(18)19)14-5-1-2-12-15-6-7-16-12/h3-4,6-8,14H,1-2,5H2,(H,15,16). The number of halogens is 1. The molecule has 100 valence electrons. The highest BCUT2D eigenvalue weighted by atomic mass is 19.1. The summed E-state index contributed by atoms with van der Waals surface area (Å²) in [6, 6.07) is 3.48. The SMILES string of the molecule is O=[N+]([O-])c1cc(F)ccc1NCCCc1ncc[nH]1. The van der Waals surface area contributed by atoms with Crippen molar-refractivity contribution in [1.29, 1.82) is 0 Å². The third-order valence-corrected chi connectivity index (χ3v) is 2.62. The largest absolute Gasteiger partial charge is 0.379 e. The average molecular weight is 264 g/mol. The van der Waals surface area contributed by atoms with Crippen LogP contribution in [0.3, 0.4) is 0 Å². The molecule has 0 aliphatic heterocycles. The summed E-state index contributed by atoms with van der Waals surface area (Å²) in [5.74, 6) is 0.253. The molecule has 2 rings (SSSR count). The summed E-state index contributed by atoms with van der Waals surface area (Å²) in [4.78, 5) is 17.2. The molecule has 19 heavy (non-hydrogen) atoms. The molecule has 0 unspecified atom stereocenters. The van der Waals surface area contributed by atoms with Gasteiger partial charge in [-0.05, 0) is 18.6 Å². The Balaban J connectivity index is 1.90. The Morgan fingerprint density at radius 1 is 1.47 bits per heavy atom. The number of rotatable bonds is 6. The van der Waals surface area contributed by atoms with Crippen molar-refractivity contribution >= 4 is 11.4 Å². The molecule has 1 aromatic heterocycles. The van der Waals surface area contributed by atoms with Gasteiger partial charge in [-0.2, -0.15) is 0 Å². The molecule has 6 nitrogen and oxygen atoms in total. The third kappa shape index (κ3) is 3.51. The van der Waals surface area contributed by atoms with E-state index < -0.39 is 10.7 Å². The Morgan fingerprint density at radius 3 is 3.00 bits per heavy atom. The minimum Gasteiger partial charge on any atom is -0.379 e. The van der Waals surface area contributed by atoms with Crippen molar-refractivity contribution in [3.63, 3.8) is 0 Å². The van der Waals surface area contributed by atoms with Gasteiger partial charge in [-0.1, -0.05) is 0 Å². The highest BCUT2D eigenvalue weighted by Crippen LogP contribution is 2.24. The number of nitro benzene ring substituents is 1. The summed E-state index contributed by atoms with van der Waals surface area (Å²) in [7, 11) is 0. The van der Waals surface area contributed by atoms with Crippen LogP contribution in [0.15, 0.2) is 30.6 Å². The van der Waals surface area contributed by atoms with Crippen LogP contribution in [0.5, 0.6) is 0 Å². The van der Waals surface area contributed by atoms with Crippen LogP contribution in [0.25, 0.3) is 0 Å². The first-order valence-corrected chi connectivity index (χ1v) is 5.83. The van der Waals surface area contributed by atoms with Gasteiger partial charge in [0.1, 0.15) is 17.3 Å². The second kappa shape index (κ2) is 5.94. The molecule has 1 aromatic carbocycles. The van der Waals surface area contributed by atoms with Crippen LogP contribution in [0.1, 0.15) is 12.2 Å². The molecule has 0 spiro atoms. The van der Waals surface area contributed by atoms with Gasteiger partial charge in [0.2, 0.25) is 0 Å². The number of aromatic amines is 1. The second-order valence-electron chi connectivity index (χ2n) is 3.98. The lowest BCUT2D eigenvalue weighted by Gasteiger charge is -2.06. The van der Waals surface area contributed by atoms with E-state index in [1.54, 1.807) is 12.4 Å². The van der Waals surface area contributed by atoms with Gasteiger partial charge in [0, 0.05) is 25.4 Å². The molecule has 2 aromatic rings. The predicted molar refractivity (Wildman–Crippen MR) is 68.5 cm³/mol. The van der Waals surface area contributed by atoms with Gasteiger partial charge in [0.05, 0.1) is 11.0 Å². The normalized spacial score (nSPS) is 10.4. The number of aromatic nitrogens is 2. The maximum absolute atomic E-state index is 12.9. The Bertz CT molecular complexity index is 557. The van der Waals surface area contributed by atoms with E-state index in [0.717, 1.165) is 24.7 Å². The highest BCUT2D eigenvalue weighted by molar-refractivity contribution is 5.61. The lowest BCUT2D eigenvalue weighted by atomic mass is 10.2. The summed E-state index contributed by atoms with van der Waals surface area (Å²) in [6.07, 6.45) is 4.93. The summed E-state index contributed by atoms with van der Waals surface area (Å²) in [6.45, 7) is 0.549. The Hall–Kier alpha value is -2.44. The number of H-pyrrole nitrogens is 1. The van der Waals surface area contributed by atoms with Crippen LogP contribution in [0, 0.1) is 15.9 Å². The van der Waals surface area contributed by atoms with Gasteiger partial charge in [0.25, 0.3) is 5.69 Å². The molecule has 0 saturated heterocycles. The average Bonchev–Trinajstić information content (AvgIpc) is 2.89. The lowest BCUT2D eigenvalue weighted by Crippen LogP contribution is -2.06. The fourth-order valence-electron chi connectivity index (χ4n) is 1.72. The van der Waals surface area contributed by atoms with Gasteiger partial charge in [-0.15, -0.1) is 0 Å². The van der Waals surface area contributed by atoms with Gasteiger partial charge < -0.3 is 10.3 Å². The minimum atomic E-state index is -0.618. The Kier molecular flexibility index (Phi) is 4.07. The van der Waals surface area contributed by atoms with Gasteiger partial charge >= 0.3 is 0 Å². The molecule has 0 aliphatic carbocycles. The monoisotopic (exact) mass is 264 g/mol. The van der Waals surface area contributed by atoms with Crippen molar-refractivity contribution in [2.24, 2.45) is 0 Å². The number of aryl methyl sites for hydroxylation is 1. The first-order valence-electron chi connectivity index (χ1n) is 5.83. The van der Waals surface area contributed by atoms with Gasteiger partial charge in [0.15, 0.2) is 0 Å². The van der Waals surface area contributed by atoms with Gasteiger partial charge in [-0.25, -0.2) is 9.37 Å². The summed E-state index contributed by atoms with van der Waals surface area (Å²) in [5.41, 5.74) is 0.0730. The molecule has 7 heteroatoms. The molecule has 0 atom stereocenters. The number of nitrogens with one attached hydrogen (secondary N) is 2. The zero-order chi connectivity index (χ0) is 13.7. The molecule has 0 aliphatic rings. The molecule has 0 saturated carbocycles. The number of benzene rings is 1. The number of anilines is 1. The maximum atomic E-state index is 12.9. The van der Waals surface area contributed by atoms with E-state index in [0.29, 0.717) is 12.2 Å². The smallest absolute Gasteiger partial charge is 0.295 e.